The van der Waals surface area contributed by atoms with E-state index in [-0.39, 0.29) is 5.75 Å². The second kappa shape index (κ2) is 6.09. The van der Waals surface area contributed by atoms with E-state index in [1.54, 1.807) is 24.3 Å². The van der Waals surface area contributed by atoms with Gasteiger partial charge in [-0.3, -0.25) is 9.59 Å². The first-order valence-corrected chi connectivity index (χ1v) is 6.44. The summed E-state index contributed by atoms with van der Waals surface area (Å²) in [6.07, 6.45) is 0. The van der Waals surface area contributed by atoms with Crippen molar-refractivity contribution >= 4 is 23.2 Å². The van der Waals surface area contributed by atoms with Gasteiger partial charge in [0.15, 0.2) is 0 Å². The molecule has 2 aromatic carbocycles. The summed E-state index contributed by atoms with van der Waals surface area (Å²) in [4.78, 5) is 23.6. The summed E-state index contributed by atoms with van der Waals surface area (Å²) in [5.74, 6) is -1.54. The largest absolute Gasteiger partial charge is 0.508 e. The highest BCUT2D eigenvalue weighted by Crippen LogP contribution is 2.16. The van der Waals surface area contributed by atoms with Gasteiger partial charge in [-0.25, -0.2) is 0 Å². The fourth-order valence-corrected chi connectivity index (χ4v) is 2.01. The molecule has 0 fully saturated rings. The Morgan fingerprint density at radius 3 is 2.00 bits per heavy atom. The molecule has 0 bridgehead atoms. The van der Waals surface area contributed by atoms with Crippen molar-refractivity contribution in [2.75, 3.05) is 10.6 Å². The summed E-state index contributed by atoms with van der Waals surface area (Å²) in [5.41, 5.74) is 2.93. The quantitative estimate of drug-likeness (QED) is 0.742. The number of hydrogen-bond donors (Lipinski definition) is 3. The number of aromatic hydroxyl groups is 1. The maximum absolute atomic E-state index is 11.8. The Bertz CT molecular complexity index is 675. The Morgan fingerprint density at radius 2 is 1.43 bits per heavy atom. The Hall–Kier alpha value is -2.82. The number of rotatable bonds is 2. The van der Waals surface area contributed by atoms with E-state index in [4.69, 9.17) is 0 Å². The maximum atomic E-state index is 11.8. The molecule has 2 aromatic rings. The Kier molecular flexibility index (Phi) is 4.23. The van der Waals surface area contributed by atoms with E-state index in [2.05, 4.69) is 10.6 Å². The lowest BCUT2D eigenvalue weighted by molar-refractivity contribution is -0.133. The van der Waals surface area contributed by atoms with E-state index in [9.17, 15) is 14.7 Å². The van der Waals surface area contributed by atoms with Crippen LogP contribution in [0.15, 0.2) is 42.5 Å². The monoisotopic (exact) mass is 284 g/mol. The molecule has 108 valence electrons. The van der Waals surface area contributed by atoms with Gasteiger partial charge in [0.25, 0.3) is 0 Å². The normalized spacial score (nSPS) is 10.0. The number of amides is 2. The van der Waals surface area contributed by atoms with Crippen LogP contribution < -0.4 is 10.6 Å². The van der Waals surface area contributed by atoms with Crippen LogP contribution in [0.25, 0.3) is 0 Å². The van der Waals surface area contributed by atoms with Crippen molar-refractivity contribution in [1.82, 2.24) is 0 Å². The number of anilines is 2. The zero-order valence-electron chi connectivity index (χ0n) is 11.8. The van der Waals surface area contributed by atoms with E-state index in [1.165, 1.54) is 12.1 Å². The average molecular weight is 284 g/mol. The van der Waals surface area contributed by atoms with Gasteiger partial charge in [-0.15, -0.1) is 0 Å². The van der Waals surface area contributed by atoms with Crippen LogP contribution in [-0.4, -0.2) is 16.9 Å². The Morgan fingerprint density at radius 1 is 0.857 bits per heavy atom. The van der Waals surface area contributed by atoms with E-state index in [0.29, 0.717) is 11.4 Å². The third kappa shape index (κ3) is 4.07. The predicted molar refractivity (Wildman–Crippen MR) is 81.3 cm³/mol. The Balaban J connectivity index is 2.04. The number of hydrogen-bond acceptors (Lipinski definition) is 3. The van der Waals surface area contributed by atoms with Gasteiger partial charge in [0.1, 0.15) is 5.75 Å². The van der Waals surface area contributed by atoms with Gasteiger partial charge >= 0.3 is 11.8 Å². The molecule has 0 aromatic heterocycles. The average Bonchev–Trinajstić information content (AvgIpc) is 2.37. The first-order chi connectivity index (χ1) is 9.94. The van der Waals surface area contributed by atoms with Crippen molar-refractivity contribution < 1.29 is 14.7 Å². The maximum Gasteiger partial charge on any atom is 0.314 e. The zero-order valence-corrected chi connectivity index (χ0v) is 11.8. The van der Waals surface area contributed by atoms with Crippen molar-refractivity contribution in [1.29, 1.82) is 0 Å². The number of carbonyl (C=O) groups excluding carboxylic acids is 2. The molecule has 0 heterocycles. The van der Waals surface area contributed by atoms with E-state index in [1.807, 2.05) is 19.9 Å². The lowest BCUT2D eigenvalue weighted by Crippen LogP contribution is -2.29. The van der Waals surface area contributed by atoms with E-state index < -0.39 is 11.8 Å². The summed E-state index contributed by atoms with van der Waals surface area (Å²) >= 11 is 0. The third-order valence-electron chi connectivity index (χ3n) is 2.79. The van der Waals surface area contributed by atoms with Gasteiger partial charge in [-0.2, -0.15) is 0 Å². The molecule has 21 heavy (non-hydrogen) atoms. The highest BCUT2D eigenvalue weighted by atomic mass is 16.3. The van der Waals surface area contributed by atoms with Crippen LogP contribution >= 0.6 is 0 Å². The van der Waals surface area contributed by atoms with Crippen molar-refractivity contribution in [2.45, 2.75) is 13.8 Å². The number of aryl methyl sites for hydroxylation is 2. The zero-order chi connectivity index (χ0) is 15.4. The molecule has 0 radical (unpaired) electrons. The predicted octanol–water partition coefficient (Wildman–Crippen LogP) is 2.59. The van der Waals surface area contributed by atoms with Crippen molar-refractivity contribution in [3.63, 3.8) is 0 Å². The highest BCUT2D eigenvalue weighted by Gasteiger charge is 2.14. The molecule has 0 aliphatic rings. The second-order valence-corrected chi connectivity index (χ2v) is 4.83. The van der Waals surface area contributed by atoms with Crippen LogP contribution in [-0.2, 0) is 9.59 Å². The van der Waals surface area contributed by atoms with Gasteiger partial charge in [-0.05, 0) is 49.2 Å². The summed E-state index contributed by atoms with van der Waals surface area (Å²) in [5, 5.41) is 14.3. The summed E-state index contributed by atoms with van der Waals surface area (Å²) in [7, 11) is 0. The summed E-state index contributed by atoms with van der Waals surface area (Å²) < 4.78 is 0. The van der Waals surface area contributed by atoms with Crippen LogP contribution in [0.2, 0.25) is 0 Å². The fourth-order valence-electron chi connectivity index (χ4n) is 2.01. The number of nitrogens with one attached hydrogen (secondary N) is 2. The molecule has 0 saturated carbocycles. The molecule has 5 heteroatoms. The molecule has 2 amide bonds. The highest BCUT2D eigenvalue weighted by molar-refractivity contribution is 6.43. The van der Waals surface area contributed by atoms with Crippen molar-refractivity contribution in [3.05, 3.63) is 53.6 Å². The van der Waals surface area contributed by atoms with E-state index in [0.717, 1.165) is 11.1 Å². The fraction of sp³-hybridized carbons (Fsp3) is 0.125. The molecule has 3 N–H and O–H groups in total. The van der Waals surface area contributed by atoms with Gasteiger partial charge < -0.3 is 15.7 Å². The number of phenols is 1. The standard InChI is InChI=1S/C16H16N2O3/c1-10-6-11(2)8-13(7-10)18-16(21)15(20)17-12-4-3-5-14(19)9-12/h3-9,19H,1-2H3,(H,17,20)(H,18,21). The molecule has 0 aliphatic carbocycles. The number of benzene rings is 2. The van der Waals surface area contributed by atoms with Crippen LogP contribution in [0.5, 0.6) is 5.75 Å². The van der Waals surface area contributed by atoms with Crippen LogP contribution in [0.4, 0.5) is 11.4 Å². The van der Waals surface area contributed by atoms with Gasteiger partial charge in [-0.1, -0.05) is 12.1 Å². The molecular formula is C16H16N2O3. The summed E-state index contributed by atoms with van der Waals surface area (Å²) in [6, 6.07) is 11.5. The lowest BCUT2D eigenvalue weighted by Gasteiger charge is -2.08. The number of carbonyl (C=O) groups is 2. The minimum Gasteiger partial charge on any atom is -0.508 e. The molecule has 0 atom stereocenters. The summed E-state index contributed by atoms with van der Waals surface area (Å²) in [6.45, 7) is 3.82. The first-order valence-electron chi connectivity index (χ1n) is 6.44. The molecule has 0 aliphatic heterocycles. The SMILES string of the molecule is Cc1cc(C)cc(NC(=O)C(=O)Nc2cccc(O)c2)c1. The van der Waals surface area contributed by atoms with E-state index >= 15 is 0 Å². The molecule has 0 spiro atoms. The van der Waals surface area contributed by atoms with Gasteiger partial charge in [0, 0.05) is 17.4 Å². The smallest absolute Gasteiger partial charge is 0.314 e. The second-order valence-electron chi connectivity index (χ2n) is 4.83. The van der Waals surface area contributed by atoms with Crippen molar-refractivity contribution in [3.8, 4) is 5.75 Å². The Labute approximate surface area is 122 Å². The first kappa shape index (κ1) is 14.6. The van der Waals surface area contributed by atoms with Crippen LogP contribution in [0.1, 0.15) is 11.1 Å². The minimum absolute atomic E-state index is 0.0162. The third-order valence-corrected chi connectivity index (χ3v) is 2.79. The minimum atomic E-state index is -0.792. The molecule has 0 unspecified atom stereocenters. The van der Waals surface area contributed by atoms with Crippen molar-refractivity contribution in [2.24, 2.45) is 0 Å². The van der Waals surface area contributed by atoms with Crippen LogP contribution in [0.3, 0.4) is 0 Å². The topological polar surface area (TPSA) is 78.4 Å². The molecule has 0 saturated heterocycles. The van der Waals surface area contributed by atoms with Crippen LogP contribution in [0, 0.1) is 13.8 Å². The molecule has 2 rings (SSSR count). The van der Waals surface area contributed by atoms with Gasteiger partial charge in [0.2, 0.25) is 0 Å². The lowest BCUT2D eigenvalue weighted by atomic mass is 10.1. The molecule has 5 nitrogen and oxygen atoms in total. The molecular weight excluding hydrogens is 268 g/mol. The number of phenolic OH excluding ortho intramolecular Hbond substituents is 1. The van der Waals surface area contributed by atoms with Gasteiger partial charge in [0.05, 0.1) is 0 Å².